The number of rotatable bonds is 6. The van der Waals surface area contributed by atoms with Gasteiger partial charge in [0, 0.05) is 0 Å². The molecule has 2 fully saturated rings. The van der Waals surface area contributed by atoms with Crippen LogP contribution in [0, 0.1) is 0 Å². The third-order valence-corrected chi connectivity index (χ3v) is 11.2. The second kappa shape index (κ2) is 8.40. The highest BCUT2D eigenvalue weighted by Crippen LogP contribution is 2.40. The Kier molecular flexibility index (Phi) is 6.13. The minimum absolute atomic E-state index is 0.130. The van der Waals surface area contributed by atoms with Crippen LogP contribution in [0.2, 0.25) is 5.04 Å². The fourth-order valence-corrected chi connectivity index (χ4v) is 9.46. The van der Waals surface area contributed by atoms with Crippen molar-refractivity contribution < 1.29 is 23.8 Å². The summed E-state index contributed by atoms with van der Waals surface area (Å²) in [5.41, 5.74) is 2.22. The zero-order valence-electron chi connectivity index (χ0n) is 18.9. The van der Waals surface area contributed by atoms with Gasteiger partial charge in [0.15, 0.2) is 12.0 Å². The summed E-state index contributed by atoms with van der Waals surface area (Å²) in [6, 6.07) is 21.0. The van der Waals surface area contributed by atoms with Gasteiger partial charge in [-0.2, -0.15) is 5.48 Å². The Hall–Kier alpha value is -1.58. The topological polar surface area (TPSA) is 69.2 Å². The first-order valence-corrected chi connectivity index (χ1v) is 12.7. The molecule has 2 aliphatic heterocycles. The smallest absolute Gasteiger partial charge is 0.261 e. The summed E-state index contributed by atoms with van der Waals surface area (Å²) in [7, 11) is -2.69. The van der Waals surface area contributed by atoms with Gasteiger partial charge in [0.25, 0.3) is 8.32 Å². The second-order valence-corrected chi connectivity index (χ2v) is 14.1. The van der Waals surface area contributed by atoms with Crippen LogP contribution in [0.1, 0.15) is 34.6 Å². The molecule has 1 unspecified atom stereocenters. The molecular formula is C24H33NO5Si. The van der Waals surface area contributed by atoms with E-state index in [1.807, 2.05) is 26.0 Å². The van der Waals surface area contributed by atoms with E-state index in [4.69, 9.17) is 18.6 Å². The van der Waals surface area contributed by atoms with Gasteiger partial charge in [0.2, 0.25) is 0 Å². The van der Waals surface area contributed by atoms with E-state index in [2.05, 4.69) is 74.8 Å². The second-order valence-electron chi connectivity index (χ2n) is 9.76. The van der Waals surface area contributed by atoms with Gasteiger partial charge in [0.1, 0.15) is 18.3 Å². The fraction of sp³-hybridized carbons (Fsp3) is 0.500. The molecule has 0 aromatic heterocycles. The average molecular weight is 444 g/mol. The van der Waals surface area contributed by atoms with E-state index in [1.54, 1.807) is 0 Å². The van der Waals surface area contributed by atoms with Crippen LogP contribution in [0.5, 0.6) is 0 Å². The van der Waals surface area contributed by atoms with Crippen molar-refractivity contribution in [3.05, 3.63) is 60.7 Å². The van der Waals surface area contributed by atoms with E-state index in [1.165, 1.54) is 10.4 Å². The van der Waals surface area contributed by atoms with Crippen molar-refractivity contribution in [2.75, 3.05) is 6.61 Å². The molecule has 0 saturated carbocycles. The molecule has 0 amide bonds. The van der Waals surface area contributed by atoms with E-state index >= 15 is 0 Å². The lowest BCUT2D eigenvalue weighted by molar-refractivity contribution is -0.203. The third kappa shape index (κ3) is 4.12. The first-order chi connectivity index (χ1) is 14.7. The van der Waals surface area contributed by atoms with E-state index in [0.29, 0.717) is 6.61 Å². The summed E-state index contributed by atoms with van der Waals surface area (Å²) in [5.74, 6) is -0.732. The Labute approximate surface area is 185 Å². The average Bonchev–Trinajstić information content (AvgIpc) is 3.22. The molecule has 0 aliphatic carbocycles. The largest absolute Gasteiger partial charge is 0.405 e. The highest BCUT2D eigenvalue weighted by molar-refractivity contribution is 6.99. The molecule has 0 spiro atoms. The number of hydrogen-bond donors (Lipinski definition) is 2. The Bertz CT molecular complexity index is 831. The minimum Gasteiger partial charge on any atom is -0.405 e. The fourth-order valence-electron chi connectivity index (χ4n) is 4.89. The van der Waals surface area contributed by atoms with Crippen LogP contribution in [0.25, 0.3) is 0 Å². The van der Waals surface area contributed by atoms with E-state index in [-0.39, 0.29) is 17.2 Å². The monoisotopic (exact) mass is 443 g/mol. The van der Waals surface area contributed by atoms with Crippen molar-refractivity contribution >= 4 is 18.7 Å². The van der Waals surface area contributed by atoms with Crippen LogP contribution in [-0.4, -0.2) is 50.5 Å². The molecule has 7 heteroatoms. The normalized spacial score (nSPS) is 27.9. The zero-order valence-corrected chi connectivity index (χ0v) is 19.9. The van der Waals surface area contributed by atoms with E-state index in [9.17, 15) is 5.21 Å². The number of hydroxylamine groups is 1. The van der Waals surface area contributed by atoms with Gasteiger partial charge in [0.05, 0.1) is 6.61 Å². The predicted molar refractivity (Wildman–Crippen MR) is 121 cm³/mol. The van der Waals surface area contributed by atoms with Gasteiger partial charge >= 0.3 is 0 Å². The molecule has 2 heterocycles. The third-order valence-electron chi connectivity index (χ3n) is 6.16. The Balaban J connectivity index is 1.69. The molecule has 2 N–H and O–H groups in total. The van der Waals surface area contributed by atoms with Crippen molar-refractivity contribution in [2.24, 2.45) is 0 Å². The molecular weight excluding hydrogens is 410 g/mol. The van der Waals surface area contributed by atoms with Crippen molar-refractivity contribution in [3.63, 3.8) is 0 Å². The summed E-state index contributed by atoms with van der Waals surface area (Å²) in [6.07, 6.45) is -1.73. The number of hydrogen-bond acceptors (Lipinski definition) is 6. The summed E-state index contributed by atoms with van der Waals surface area (Å²) in [6.45, 7) is 10.8. The van der Waals surface area contributed by atoms with Gasteiger partial charge in [-0.3, -0.25) is 0 Å². The quantitative estimate of drug-likeness (QED) is 0.529. The number of ether oxygens (including phenoxy) is 3. The maximum atomic E-state index is 9.57. The SMILES string of the molecule is CC1(C)O[C@@H]2[C@@H](CO[Si](c3ccccc3)(c3ccccc3)C(C)(C)C)OC(NO)[C@@H]2O1. The minimum atomic E-state index is -2.69. The van der Waals surface area contributed by atoms with Gasteiger partial charge in [-0.15, -0.1) is 0 Å². The Morgan fingerprint density at radius 1 is 0.935 bits per heavy atom. The van der Waals surface area contributed by atoms with Crippen molar-refractivity contribution in [1.29, 1.82) is 0 Å². The van der Waals surface area contributed by atoms with Gasteiger partial charge in [-0.25, -0.2) is 0 Å². The zero-order chi connectivity index (χ0) is 22.3. The van der Waals surface area contributed by atoms with Gasteiger partial charge in [-0.05, 0) is 29.3 Å². The van der Waals surface area contributed by atoms with Crippen LogP contribution in [0.15, 0.2) is 60.7 Å². The molecule has 31 heavy (non-hydrogen) atoms. The standard InChI is InChI=1S/C24H33NO5Si/c1-23(2,3)31(17-12-8-6-9-13-17,18-14-10-7-11-15-18)27-16-19-20-21(22(25-26)28-19)30-24(4,5)29-20/h6-15,19-22,25-26H,16H2,1-5H3/t19-,20-,21-,22?/m1/s1. The first kappa shape index (κ1) is 22.6. The Morgan fingerprint density at radius 2 is 1.45 bits per heavy atom. The van der Waals surface area contributed by atoms with Crippen LogP contribution in [0.3, 0.4) is 0 Å². The molecule has 4 rings (SSSR count). The molecule has 2 saturated heterocycles. The lowest BCUT2D eigenvalue weighted by Crippen LogP contribution is -2.67. The first-order valence-electron chi connectivity index (χ1n) is 10.8. The molecule has 0 bridgehead atoms. The molecule has 4 atom stereocenters. The number of benzene rings is 2. The van der Waals surface area contributed by atoms with Crippen molar-refractivity contribution in [1.82, 2.24) is 5.48 Å². The lowest BCUT2D eigenvalue weighted by atomic mass is 10.1. The van der Waals surface area contributed by atoms with E-state index in [0.717, 1.165) is 0 Å². The van der Waals surface area contributed by atoms with Crippen LogP contribution in [0.4, 0.5) is 0 Å². The van der Waals surface area contributed by atoms with Crippen molar-refractivity contribution in [2.45, 2.75) is 70.0 Å². The highest BCUT2D eigenvalue weighted by Gasteiger charge is 2.57. The predicted octanol–water partition coefficient (Wildman–Crippen LogP) is 2.79. The molecule has 168 valence electrons. The maximum Gasteiger partial charge on any atom is 0.261 e. The van der Waals surface area contributed by atoms with Gasteiger partial charge < -0.3 is 23.8 Å². The molecule has 2 aromatic carbocycles. The summed E-state index contributed by atoms with van der Waals surface area (Å²) in [5, 5.41) is 11.9. The summed E-state index contributed by atoms with van der Waals surface area (Å²) in [4.78, 5) is 0. The summed E-state index contributed by atoms with van der Waals surface area (Å²) < 4.78 is 25.1. The molecule has 6 nitrogen and oxygen atoms in total. The molecule has 0 radical (unpaired) electrons. The van der Waals surface area contributed by atoms with Crippen LogP contribution >= 0.6 is 0 Å². The van der Waals surface area contributed by atoms with Gasteiger partial charge in [-0.1, -0.05) is 81.4 Å². The van der Waals surface area contributed by atoms with E-state index < -0.39 is 26.4 Å². The van der Waals surface area contributed by atoms with Crippen LogP contribution < -0.4 is 15.9 Å². The summed E-state index contributed by atoms with van der Waals surface area (Å²) >= 11 is 0. The van der Waals surface area contributed by atoms with Crippen molar-refractivity contribution in [3.8, 4) is 0 Å². The number of nitrogens with one attached hydrogen (secondary N) is 1. The maximum absolute atomic E-state index is 9.57. The molecule has 2 aliphatic rings. The Morgan fingerprint density at radius 3 is 1.94 bits per heavy atom. The lowest BCUT2D eigenvalue weighted by Gasteiger charge is -2.43. The highest BCUT2D eigenvalue weighted by atomic mass is 28.4. The van der Waals surface area contributed by atoms with Crippen LogP contribution in [-0.2, 0) is 18.6 Å². The number of fused-ring (bicyclic) bond motifs is 1. The molecule has 2 aromatic rings.